The summed E-state index contributed by atoms with van der Waals surface area (Å²) >= 11 is 5.96. The molecule has 0 heterocycles. The average molecular weight is 461 g/mol. The Bertz CT molecular complexity index is 946. The van der Waals surface area contributed by atoms with E-state index in [4.69, 9.17) is 21.1 Å². The van der Waals surface area contributed by atoms with Crippen molar-refractivity contribution in [3.05, 3.63) is 59.1 Å². The number of ether oxygens (including phenoxy) is 2. The topological polar surface area (TPSA) is 111 Å². The summed E-state index contributed by atoms with van der Waals surface area (Å²) in [7, 11) is 0. The fourth-order valence-electron chi connectivity index (χ4n) is 2.49. The number of hydrogen-bond donors (Lipinski definition) is 2. The van der Waals surface area contributed by atoms with Crippen molar-refractivity contribution in [3.63, 3.8) is 0 Å². The molecule has 2 aromatic rings. The second kappa shape index (κ2) is 13.1. The van der Waals surface area contributed by atoms with Gasteiger partial charge in [0.1, 0.15) is 0 Å². The van der Waals surface area contributed by atoms with E-state index in [9.17, 15) is 19.2 Å². The fraction of sp³-hybridized carbons (Fsp3) is 0.304. The number of unbranched alkanes of at least 4 members (excludes halogenated alkanes) is 1. The first kappa shape index (κ1) is 24.9. The van der Waals surface area contributed by atoms with Gasteiger partial charge < -0.3 is 20.1 Å². The van der Waals surface area contributed by atoms with Crippen LogP contribution in [0.15, 0.2) is 48.5 Å². The lowest BCUT2D eigenvalue weighted by molar-refractivity contribution is -0.147. The van der Waals surface area contributed by atoms with Crippen LogP contribution in [-0.2, 0) is 23.9 Å². The third-order valence-corrected chi connectivity index (χ3v) is 4.53. The molecule has 8 nitrogen and oxygen atoms in total. The number of halogens is 1. The van der Waals surface area contributed by atoms with Crippen LogP contribution in [0.3, 0.4) is 0 Å². The summed E-state index contributed by atoms with van der Waals surface area (Å²) in [6.45, 7) is 1.87. The number of carbonyl (C=O) groups is 4. The smallest absolute Gasteiger partial charge is 0.338 e. The minimum Gasteiger partial charge on any atom is -0.462 e. The van der Waals surface area contributed by atoms with Crippen LogP contribution < -0.4 is 10.6 Å². The molecule has 0 aromatic heterocycles. The van der Waals surface area contributed by atoms with Gasteiger partial charge in [-0.1, -0.05) is 37.1 Å². The maximum absolute atomic E-state index is 12.0. The minimum absolute atomic E-state index is 0.110. The molecule has 2 N–H and O–H groups in total. The Morgan fingerprint density at radius 3 is 2.28 bits per heavy atom. The van der Waals surface area contributed by atoms with E-state index >= 15 is 0 Å². The summed E-state index contributed by atoms with van der Waals surface area (Å²) in [4.78, 5) is 47.5. The highest BCUT2D eigenvalue weighted by Gasteiger charge is 2.12. The Kier molecular flexibility index (Phi) is 10.2. The van der Waals surface area contributed by atoms with Gasteiger partial charge in [-0.15, -0.1) is 0 Å². The van der Waals surface area contributed by atoms with Gasteiger partial charge in [-0.05, 0) is 42.8 Å². The number of para-hydroxylation sites is 1. The Balaban J connectivity index is 1.68. The van der Waals surface area contributed by atoms with E-state index in [1.165, 1.54) is 12.1 Å². The number of nitrogens with one attached hydrogen (secondary N) is 2. The van der Waals surface area contributed by atoms with Crippen molar-refractivity contribution < 1.29 is 28.7 Å². The number of carbonyl (C=O) groups excluding carboxylic acids is 4. The Morgan fingerprint density at radius 1 is 0.875 bits per heavy atom. The van der Waals surface area contributed by atoms with Gasteiger partial charge in [0.2, 0.25) is 5.91 Å². The van der Waals surface area contributed by atoms with Crippen molar-refractivity contribution in [3.8, 4) is 0 Å². The van der Waals surface area contributed by atoms with Crippen molar-refractivity contribution in [2.75, 3.05) is 23.8 Å². The number of anilines is 2. The number of benzene rings is 2. The lowest BCUT2D eigenvalue weighted by atomic mass is 10.2. The van der Waals surface area contributed by atoms with Crippen LogP contribution in [0.5, 0.6) is 0 Å². The van der Waals surface area contributed by atoms with Crippen molar-refractivity contribution in [1.82, 2.24) is 0 Å². The fourth-order valence-corrected chi connectivity index (χ4v) is 2.67. The molecule has 0 saturated heterocycles. The van der Waals surface area contributed by atoms with Crippen molar-refractivity contribution in [2.45, 2.75) is 32.6 Å². The Labute approximate surface area is 191 Å². The van der Waals surface area contributed by atoms with E-state index in [-0.39, 0.29) is 12.8 Å². The quantitative estimate of drug-likeness (QED) is 0.384. The first-order chi connectivity index (χ1) is 15.4. The molecule has 2 amide bonds. The molecule has 0 bridgehead atoms. The van der Waals surface area contributed by atoms with Crippen molar-refractivity contribution in [1.29, 1.82) is 0 Å². The standard InChI is InChI=1S/C23H25ClN2O6/c1-2-3-14-31-23(30)16-8-10-17(11-9-16)25-21(28)15-32-22(29)13-12-20(27)26-19-7-5-4-6-18(19)24/h4-11H,2-3,12-15H2,1H3,(H,25,28)(H,26,27). The van der Waals surface area contributed by atoms with Gasteiger partial charge in [0, 0.05) is 12.1 Å². The molecule has 0 unspecified atom stereocenters. The zero-order valence-electron chi connectivity index (χ0n) is 17.7. The molecule has 0 radical (unpaired) electrons. The Morgan fingerprint density at radius 2 is 1.59 bits per heavy atom. The zero-order chi connectivity index (χ0) is 23.3. The predicted molar refractivity (Wildman–Crippen MR) is 121 cm³/mol. The molecule has 2 aromatic carbocycles. The first-order valence-corrected chi connectivity index (χ1v) is 10.5. The molecular formula is C23H25ClN2O6. The van der Waals surface area contributed by atoms with Crippen molar-refractivity contribution >= 4 is 46.7 Å². The van der Waals surface area contributed by atoms with Crippen LogP contribution in [0.4, 0.5) is 11.4 Å². The predicted octanol–water partition coefficient (Wildman–Crippen LogP) is 4.20. The molecule has 0 spiro atoms. The molecule has 32 heavy (non-hydrogen) atoms. The zero-order valence-corrected chi connectivity index (χ0v) is 18.4. The third kappa shape index (κ3) is 8.77. The van der Waals surface area contributed by atoms with Crippen LogP contribution in [0.25, 0.3) is 0 Å². The number of rotatable bonds is 11. The van der Waals surface area contributed by atoms with Gasteiger partial charge in [0.05, 0.1) is 29.3 Å². The Hall–Kier alpha value is -3.39. The minimum atomic E-state index is -0.681. The van der Waals surface area contributed by atoms with Gasteiger partial charge >= 0.3 is 11.9 Å². The molecule has 0 fully saturated rings. The molecule has 0 atom stereocenters. The van der Waals surface area contributed by atoms with Gasteiger partial charge in [0.15, 0.2) is 6.61 Å². The average Bonchev–Trinajstić information content (AvgIpc) is 2.78. The van der Waals surface area contributed by atoms with E-state index in [1.54, 1.807) is 36.4 Å². The number of hydrogen-bond acceptors (Lipinski definition) is 6. The van der Waals surface area contributed by atoms with Gasteiger partial charge in [0.25, 0.3) is 5.91 Å². The third-order valence-electron chi connectivity index (χ3n) is 4.20. The molecule has 170 valence electrons. The molecule has 0 aliphatic heterocycles. The molecule has 2 rings (SSSR count). The number of amides is 2. The van der Waals surface area contributed by atoms with E-state index < -0.39 is 30.4 Å². The molecule has 0 saturated carbocycles. The van der Waals surface area contributed by atoms with Gasteiger partial charge in [-0.25, -0.2) is 4.79 Å². The summed E-state index contributed by atoms with van der Waals surface area (Å²) in [6, 6.07) is 12.9. The largest absolute Gasteiger partial charge is 0.462 e. The van der Waals surface area contributed by atoms with E-state index in [2.05, 4.69) is 10.6 Å². The second-order valence-electron chi connectivity index (χ2n) is 6.80. The van der Waals surface area contributed by atoms with Crippen molar-refractivity contribution in [2.24, 2.45) is 0 Å². The van der Waals surface area contributed by atoms with E-state index in [0.717, 1.165) is 12.8 Å². The van der Waals surface area contributed by atoms with E-state index in [1.807, 2.05) is 6.92 Å². The maximum Gasteiger partial charge on any atom is 0.338 e. The summed E-state index contributed by atoms with van der Waals surface area (Å²) in [5.41, 5.74) is 1.27. The lowest BCUT2D eigenvalue weighted by Gasteiger charge is -2.08. The van der Waals surface area contributed by atoms with Crippen LogP contribution in [0, 0.1) is 0 Å². The van der Waals surface area contributed by atoms with Crippen LogP contribution >= 0.6 is 11.6 Å². The molecular weight excluding hydrogens is 436 g/mol. The highest BCUT2D eigenvalue weighted by molar-refractivity contribution is 6.33. The first-order valence-electron chi connectivity index (χ1n) is 10.2. The highest BCUT2D eigenvalue weighted by Crippen LogP contribution is 2.20. The lowest BCUT2D eigenvalue weighted by Crippen LogP contribution is -2.21. The van der Waals surface area contributed by atoms with Crippen LogP contribution in [0.1, 0.15) is 43.0 Å². The second-order valence-corrected chi connectivity index (χ2v) is 7.21. The van der Waals surface area contributed by atoms with Crippen LogP contribution in [0.2, 0.25) is 5.02 Å². The maximum atomic E-state index is 12.0. The summed E-state index contributed by atoms with van der Waals surface area (Å²) in [6.07, 6.45) is 1.43. The molecule has 9 heteroatoms. The normalized spacial score (nSPS) is 10.2. The number of esters is 2. The summed E-state index contributed by atoms with van der Waals surface area (Å²) < 4.78 is 10.0. The van der Waals surface area contributed by atoms with Gasteiger partial charge in [-0.2, -0.15) is 0 Å². The van der Waals surface area contributed by atoms with Crippen LogP contribution in [-0.4, -0.2) is 37.0 Å². The molecule has 0 aliphatic rings. The summed E-state index contributed by atoms with van der Waals surface area (Å²) in [5, 5.41) is 5.55. The SMILES string of the molecule is CCCCOC(=O)c1ccc(NC(=O)COC(=O)CCC(=O)Nc2ccccc2Cl)cc1. The molecule has 0 aliphatic carbocycles. The summed E-state index contributed by atoms with van der Waals surface area (Å²) in [5.74, 6) is -2.05. The highest BCUT2D eigenvalue weighted by atomic mass is 35.5. The van der Waals surface area contributed by atoms with Gasteiger partial charge in [-0.3, -0.25) is 14.4 Å². The van der Waals surface area contributed by atoms with E-state index in [0.29, 0.717) is 28.6 Å². The monoisotopic (exact) mass is 460 g/mol.